The first-order valence-corrected chi connectivity index (χ1v) is 6.71. The van der Waals surface area contributed by atoms with Crippen molar-refractivity contribution in [3.63, 3.8) is 0 Å². The van der Waals surface area contributed by atoms with Crippen molar-refractivity contribution in [2.24, 2.45) is 5.92 Å². The van der Waals surface area contributed by atoms with Gasteiger partial charge < -0.3 is 14.7 Å². The molecule has 2 rings (SSSR count). The average Bonchev–Trinajstić information content (AvgIpc) is 2.80. The number of hydrogen-bond donors (Lipinski definition) is 1. The molecule has 0 aliphatic carbocycles. The van der Waals surface area contributed by atoms with E-state index in [9.17, 15) is 9.59 Å². The molecule has 108 valence electrons. The van der Waals surface area contributed by atoms with Crippen LogP contribution in [-0.4, -0.2) is 41.1 Å². The highest BCUT2D eigenvalue weighted by Gasteiger charge is 2.38. The molecule has 1 fully saturated rings. The lowest BCUT2D eigenvalue weighted by atomic mass is 10.0. The zero-order chi connectivity index (χ0) is 14.7. The molecule has 2 unspecified atom stereocenters. The Morgan fingerprint density at radius 3 is 2.55 bits per heavy atom. The van der Waals surface area contributed by atoms with Gasteiger partial charge in [-0.1, -0.05) is 17.7 Å². The Kier molecular flexibility index (Phi) is 4.27. The Balaban J connectivity index is 1.89. The quantitative estimate of drug-likeness (QED) is 0.909. The molecule has 1 aliphatic heterocycles. The Labute approximate surface area is 118 Å². The number of carboxylic acid groups (broad SMARTS) is 1. The van der Waals surface area contributed by atoms with E-state index < -0.39 is 11.9 Å². The third-order valence-corrected chi connectivity index (χ3v) is 3.78. The van der Waals surface area contributed by atoms with Crippen LogP contribution in [0.2, 0.25) is 0 Å². The van der Waals surface area contributed by atoms with Crippen LogP contribution in [0.4, 0.5) is 0 Å². The maximum absolute atomic E-state index is 12.1. The van der Waals surface area contributed by atoms with Gasteiger partial charge in [0.15, 0.2) is 6.61 Å². The fourth-order valence-corrected chi connectivity index (χ4v) is 2.48. The molecule has 0 bridgehead atoms. The van der Waals surface area contributed by atoms with Gasteiger partial charge >= 0.3 is 5.97 Å². The third kappa shape index (κ3) is 3.10. The molecule has 1 heterocycles. The van der Waals surface area contributed by atoms with Gasteiger partial charge in [0.1, 0.15) is 5.75 Å². The average molecular weight is 277 g/mol. The predicted molar refractivity (Wildman–Crippen MR) is 73.6 cm³/mol. The monoisotopic (exact) mass is 277 g/mol. The third-order valence-electron chi connectivity index (χ3n) is 3.78. The Morgan fingerprint density at radius 2 is 2.00 bits per heavy atom. The molecule has 0 spiro atoms. The summed E-state index contributed by atoms with van der Waals surface area (Å²) in [4.78, 5) is 24.7. The zero-order valence-corrected chi connectivity index (χ0v) is 11.7. The van der Waals surface area contributed by atoms with Gasteiger partial charge in [0.25, 0.3) is 5.91 Å². The van der Waals surface area contributed by atoms with Crippen LogP contribution in [0.25, 0.3) is 0 Å². The van der Waals surface area contributed by atoms with E-state index in [1.165, 1.54) is 0 Å². The van der Waals surface area contributed by atoms with Crippen molar-refractivity contribution in [3.8, 4) is 5.75 Å². The highest BCUT2D eigenvalue weighted by atomic mass is 16.5. The number of carboxylic acids is 1. The molecule has 1 amide bonds. The number of likely N-dealkylation sites (tertiary alicyclic amines) is 1. The van der Waals surface area contributed by atoms with E-state index in [0.29, 0.717) is 18.7 Å². The smallest absolute Gasteiger partial charge is 0.308 e. The van der Waals surface area contributed by atoms with Crippen molar-refractivity contribution in [2.45, 2.75) is 26.3 Å². The summed E-state index contributed by atoms with van der Waals surface area (Å²) in [5, 5.41) is 9.05. The van der Waals surface area contributed by atoms with Gasteiger partial charge in [-0.05, 0) is 32.4 Å². The summed E-state index contributed by atoms with van der Waals surface area (Å²) >= 11 is 0. The Hall–Kier alpha value is -2.04. The van der Waals surface area contributed by atoms with Crippen molar-refractivity contribution in [1.82, 2.24) is 4.90 Å². The predicted octanol–water partition coefficient (Wildman–Crippen LogP) is 1.70. The summed E-state index contributed by atoms with van der Waals surface area (Å²) in [5.41, 5.74) is 1.13. The van der Waals surface area contributed by atoms with Gasteiger partial charge in [-0.25, -0.2) is 0 Å². The SMILES string of the molecule is Cc1ccc(OCC(=O)N2CCC(C(=O)O)C2C)cc1. The van der Waals surface area contributed by atoms with Crippen molar-refractivity contribution in [2.75, 3.05) is 13.2 Å². The van der Waals surface area contributed by atoms with Crippen LogP contribution in [-0.2, 0) is 9.59 Å². The number of amides is 1. The van der Waals surface area contributed by atoms with Gasteiger partial charge in [-0.2, -0.15) is 0 Å². The molecule has 1 aliphatic rings. The Morgan fingerprint density at radius 1 is 1.35 bits per heavy atom. The summed E-state index contributed by atoms with van der Waals surface area (Å²) in [6.07, 6.45) is 0.507. The molecule has 1 saturated heterocycles. The van der Waals surface area contributed by atoms with Gasteiger partial charge in [0.2, 0.25) is 0 Å². The van der Waals surface area contributed by atoms with Gasteiger partial charge in [-0.15, -0.1) is 0 Å². The molecule has 1 aromatic carbocycles. The second kappa shape index (κ2) is 5.94. The van der Waals surface area contributed by atoms with E-state index >= 15 is 0 Å². The number of ether oxygens (including phenoxy) is 1. The van der Waals surface area contributed by atoms with Crippen LogP contribution >= 0.6 is 0 Å². The first-order chi connectivity index (χ1) is 9.49. The summed E-state index contributed by atoms with van der Waals surface area (Å²) in [7, 11) is 0. The van der Waals surface area contributed by atoms with Crippen LogP contribution < -0.4 is 4.74 Å². The maximum Gasteiger partial charge on any atom is 0.308 e. The molecule has 20 heavy (non-hydrogen) atoms. The van der Waals surface area contributed by atoms with E-state index in [1.807, 2.05) is 31.2 Å². The van der Waals surface area contributed by atoms with Crippen LogP contribution in [0.1, 0.15) is 18.9 Å². The van der Waals surface area contributed by atoms with Crippen LogP contribution in [0.5, 0.6) is 5.75 Å². The van der Waals surface area contributed by atoms with Crippen LogP contribution in [0.15, 0.2) is 24.3 Å². The first kappa shape index (κ1) is 14.4. The molecule has 0 radical (unpaired) electrons. The maximum atomic E-state index is 12.1. The molecule has 0 saturated carbocycles. The molecule has 1 N–H and O–H groups in total. The molecule has 5 heteroatoms. The largest absolute Gasteiger partial charge is 0.484 e. The number of rotatable bonds is 4. The van der Waals surface area contributed by atoms with Gasteiger partial charge in [0, 0.05) is 12.6 Å². The fourth-order valence-electron chi connectivity index (χ4n) is 2.48. The van der Waals surface area contributed by atoms with Crippen LogP contribution in [0, 0.1) is 12.8 Å². The lowest BCUT2D eigenvalue weighted by Crippen LogP contribution is -2.40. The molecule has 5 nitrogen and oxygen atoms in total. The van der Waals surface area contributed by atoms with Gasteiger partial charge in [-0.3, -0.25) is 9.59 Å². The molecular formula is C15H19NO4. The van der Waals surface area contributed by atoms with E-state index in [-0.39, 0.29) is 18.6 Å². The number of nitrogens with zero attached hydrogens (tertiary/aromatic N) is 1. The Bertz CT molecular complexity index is 497. The normalized spacial score (nSPS) is 21.8. The molecular weight excluding hydrogens is 258 g/mol. The minimum absolute atomic E-state index is 0.0558. The first-order valence-electron chi connectivity index (χ1n) is 6.71. The minimum Gasteiger partial charge on any atom is -0.484 e. The number of carbonyl (C=O) groups excluding carboxylic acids is 1. The molecule has 1 aromatic rings. The standard InChI is InChI=1S/C15H19NO4/c1-10-3-5-12(6-4-10)20-9-14(17)16-8-7-13(11(16)2)15(18)19/h3-6,11,13H,7-9H2,1-2H3,(H,18,19). The number of benzene rings is 1. The summed E-state index contributed by atoms with van der Waals surface area (Å²) in [6.45, 7) is 4.18. The lowest BCUT2D eigenvalue weighted by Gasteiger charge is -2.23. The highest BCUT2D eigenvalue weighted by Crippen LogP contribution is 2.24. The second-order valence-corrected chi connectivity index (χ2v) is 5.16. The number of aliphatic carboxylic acids is 1. The van der Waals surface area contributed by atoms with Crippen molar-refractivity contribution in [1.29, 1.82) is 0 Å². The van der Waals surface area contributed by atoms with E-state index in [4.69, 9.17) is 9.84 Å². The molecule has 2 atom stereocenters. The summed E-state index contributed by atoms with van der Waals surface area (Å²) in [6, 6.07) is 7.19. The number of hydrogen-bond acceptors (Lipinski definition) is 3. The fraction of sp³-hybridized carbons (Fsp3) is 0.467. The summed E-state index contributed by atoms with van der Waals surface area (Å²) in [5.74, 6) is -0.835. The highest BCUT2D eigenvalue weighted by molar-refractivity contribution is 5.80. The van der Waals surface area contributed by atoms with E-state index in [2.05, 4.69) is 0 Å². The van der Waals surface area contributed by atoms with Crippen molar-refractivity contribution < 1.29 is 19.4 Å². The van der Waals surface area contributed by atoms with Crippen molar-refractivity contribution >= 4 is 11.9 Å². The molecule has 0 aromatic heterocycles. The zero-order valence-electron chi connectivity index (χ0n) is 11.7. The number of carbonyl (C=O) groups is 2. The number of aryl methyl sites for hydroxylation is 1. The summed E-state index contributed by atoms with van der Waals surface area (Å²) < 4.78 is 5.44. The van der Waals surface area contributed by atoms with Crippen LogP contribution in [0.3, 0.4) is 0 Å². The lowest BCUT2D eigenvalue weighted by molar-refractivity contribution is -0.143. The van der Waals surface area contributed by atoms with E-state index in [1.54, 1.807) is 11.8 Å². The van der Waals surface area contributed by atoms with E-state index in [0.717, 1.165) is 5.56 Å². The van der Waals surface area contributed by atoms with Gasteiger partial charge in [0.05, 0.1) is 5.92 Å². The van der Waals surface area contributed by atoms with Crippen molar-refractivity contribution in [3.05, 3.63) is 29.8 Å². The topological polar surface area (TPSA) is 66.8 Å². The second-order valence-electron chi connectivity index (χ2n) is 5.16. The minimum atomic E-state index is -0.841.